The first-order valence-corrected chi connectivity index (χ1v) is 7.04. The molecule has 0 fully saturated rings. The SMILES string of the molecule is CCS(=O)CCNc1cc(C)nc(C)c1C#N. The van der Waals surface area contributed by atoms with Crippen LogP contribution in [-0.4, -0.2) is 27.2 Å². The van der Waals surface area contributed by atoms with Crippen LogP contribution < -0.4 is 5.32 Å². The lowest BCUT2D eigenvalue weighted by atomic mass is 10.1. The van der Waals surface area contributed by atoms with Crippen molar-refractivity contribution in [1.29, 1.82) is 5.26 Å². The third-order valence-electron chi connectivity index (χ3n) is 2.41. The monoisotopic (exact) mass is 251 g/mol. The van der Waals surface area contributed by atoms with Gasteiger partial charge in [0.15, 0.2) is 0 Å². The van der Waals surface area contributed by atoms with Gasteiger partial charge in [-0.3, -0.25) is 9.19 Å². The second-order valence-corrected chi connectivity index (χ2v) is 5.61. The maximum atomic E-state index is 11.3. The van der Waals surface area contributed by atoms with Crippen LogP contribution in [0.4, 0.5) is 5.69 Å². The Bertz CT molecular complexity index is 466. The number of aryl methyl sites for hydroxylation is 2. The minimum atomic E-state index is -0.781. The van der Waals surface area contributed by atoms with Crippen molar-refractivity contribution in [3.8, 4) is 6.07 Å². The van der Waals surface area contributed by atoms with Crippen LogP contribution in [0.15, 0.2) is 6.07 Å². The molecule has 0 amide bonds. The molecular formula is C12H17N3OS. The highest BCUT2D eigenvalue weighted by molar-refractivity contribution is 7.84. The Kier molecular flexibility index (Phi) is 5.11. The Labute approximate surface area is 105 Å². The van der Waals surface area contributed by atoms with E-state index in [1.807, 2.05) is 26.8 Å². The van der Waals surface area contributed by atoms with Crippen LogP contribution in [0.1, 0.15) is 23.9 Å². The first kappa shape index (κ1) is 13.7. The lowest BCUT2D eigenvalue weighted by Crippen LogP contribution is -2.13. The normalized spacial score (nSPS) is 11.9. The molecule has 0 radical (unpaired) electrons. The van der Waals surface area contributed by atoms with Crippen molar-refractivity contribution < 1.29 is 4.21 Å². The van der Waals surface area contributed by atoms with Crippen LogP contribution in [0, 0.1) is 25.2 Å². The first-order valence-electron chi connectivity index (χ1n) is 5.55. The van der Waals surface area contributed by atoms with E-state index in [1.54, 1.807) is 0 Å². The van der Waals surface area contributed by atoms with Crippen LogP contribution >= 0.6 is 0 Å². The van der Waals surface area contributed by atoms with Gasteiger partial charge >= 0.3 is 0 Å². The molecule has 0 saturated heterocycles. The van der Waals surface area contributed by atoms with Gasteiger partial charge in [-0.05, 0) is 19.9 Å². The summed E-state index contributed by atoms with van der Waals surface area (Å²) in [6.45, 7) is 6.22. The predicted octanol–water partition coefficient (Wildman–Crippen LogP) is 1.75. The average molecular weight is 251 g/mol. The summed E-state index contributed by atoms with van der Waals surface area (Å²) in [5.41, 5.74) is 2.95. The highest BCUT2D eigenvalue weighted by atomic mass is 32.2. The number of nitrogens with zero attached hydrogens (tertiary/aromatic N) is 2. The molecule has 1 aromatic heterocycles. The van der Waals surface area contributed by atoms with Crippen molar-refractivity contribution in [3.63, 3.8) is 0 Å². The van der Waals surface area contributed by atoms with E-state index < -0.39 is 10.8 Å². The standard InChI is InChI=1S/C12H17N3OS/c1-4-17(16)6-5-14-12-7-9(2)15-10(3)11(12)8-13/h7H,4-6H2,1-3H3,(H,14,15). The fraction of sp³-hybridized carbons (Fsp3) is 0.500. The smallest absolute Gasteiger partial charge is 0.103 e. The second kappa shape index (κ2) is 6.36. The van der Waals surface area contributed by atoms with Crippen molar-refractivity contribution in [2.45, 2.75) is 20.8 Å². The fourth-order valence-electron chi connectivity index (χ4n) is 1.55. The quantitative estimate of drug-likeness (QED) is 0.866. The number of rotatable bonds is 5. The molecule has 1 rings (SSSR count). The molecule has 4 nitrogen and oxygen atoms in total. The summed E-state index contributed by atoms with van der Waals surface area (Å²) in [4.78, 5) is 4.24. The van der Waals surface area contributed by atoms with Gasteiger partial charge in [0, 0.05) is 34.5 Å². The summed E-state index contributed by atoms with van der Waals surface area (Å²) >= 11 is 0. The summed E-state index contributed by atoms with van der Waals surface area (Å²) in [6, 6.07) is 3.99. The third kappa shape index (κ3) is 3.82. The van der Waals surface area contributed by atoms with Gasteiger partial charge in [-0.15, -0.1) is 0 Å². The van der Waals surface area contributed by atoms with Crippen molar-refractivity contribution in [3.05, 3.63) is 23.0 Å². The predicted molar refractivity (Wildman–Crippen MR) is 70.5 cm³/mol. The summed E-state index contributed by atoms with van der Waals surface area (Å²) in [7, 11) is -0.781. The second-order valence-electron chi connectivity index (χ2n) is 3.74. The highest BCUT2D eigenvalue weighted by Crippen LogP contribution is 2.18. The van der Waals surface area contributed by atoms with E-state index in [0.29, 0.717) is 23.6 Å². The number of hydrogen-bond donors (Lipinski definition) is 1. The Morgan fingerprint density at radius 2 is 2.24 bits per heavy atom. The highest BCUT2D eigenvalue weighted by Gasteiger charge is 2.07. The molecule has 0 aromatic carbocycles. The Hall–Kier alpha value is -1.41. The Morgan fingerprint density at radius 3 is 2.82 bits per heavy atom. The Balaban J connectivity index is 2.77. The van der Waals surface area contributed by atoms with E-state index in [-0.39, 0.29) is 0 Å². The van der Waals surface area contributed by atoms with Crippen molar-refractivity contribution in [2.24, 2.45) is 0 Å². The number of anilines is 1. The molecule has 1 aromatic rings. The van der Waals surface area contributed by atoms with Gasteiger partial charge in [0.05, 0.1) is 16.9 Å². The van der Waals surface area contributed by atoms with Gasteiger partial charge in [0.1, 0.15) is 6.07 Å². The average Bonchev–Trinajstić information content (AvgIpc) is 2.28. The molecule has 0 aliphatic carbocycles. The molecule has 0 saturated carbocycles. The number of pyridine rings is 1. The molecule has 1 N–H and O–H groups in total. The topological polar surface area (TPSA) is 65.8 Å². The molecule has 1 heterocycles. The largest absolute Gasteiger partial charge is 0.383 e. The zero-order valence-corrected chi connectivity index (χ0v) is 11.2. The molecule has 92 valence electrons. The van der Waals surface area contributed by atoms with Crippen LogP contribution in [0.5, 0.6) is 0 Å². The van der Waals surface area contributed by atoms with E-state index in [0.717, 1.165) is 17.1 Å². The van der Waals surface area contributed by atoms with E-state index in [2.05, 4.69) is 16.4 Å². The molecule has 0 spiro atoms. The lowest BCUT2D eigenvalue weighted by Gasteiger charge is -2.10. The van der Waals surface area contributed by atoms with E-state index >= 15 is 0 Å². The molecule has 0 bridgehead atoms. The van der Waals surface area contributed by atoms with E-state index in [4.69, 9.17) is 5.26 Å². The zero-order chi connectivity index (χ0) is 12.8. The summed E-state index contributed by atoms with van der Waals surface area (Å²) in [5.74, 6) is 1.27. The van der Waals surface area contributed by atoms with Gasteiger partial charge in [-0.25, -0.2) is 0 Å². The third-order valence-corrected chi connectivity index (χ3v) is 3.71. The number of hydrogen-bond acceptors (Lipinski definition) is 4. The molecular weight excluding hydrogens is 234 g/mol. The number of aromatic nitrogens is 1. The maximum absolute atomic E-state index is 11.3. The van der Waals surface area contributed by atoms with Crippen molar-refractivity contribution in [2.75, 3.05) is 23.4 Å². The summed E-state index contributed by atoms with van der Waals surface area (Å²) in [5, 5.41) is 12.2. The molecule has 1 atom stereocenters. The van der Waals surface area contributed by atoms with Gasteiger partial charge in [-0.2, -0.15) is 5.26 Å². The zero-order valence-electron chi connectivity index (χ0n) is 10.4. The van der Waals surface area contributed by atoms with Crippen LogP contribution in [-0.2, 0) is 10.8 Å². The van der Waals surface area contributed by atoms with E-state index in [1.165, 1.54) is 0 Å². The molecule has 0 aliphatic rings. The lowest BCUT2D eigenvalue weighted by molar-refractivity contribution is 0.684. The Morgan fingerprint density at radius 1 is 1.53 bits per heavy atom. The minimum Gasteiger partial charge on any atom is -0.383 e. The van der Waals surface area contributed by atoms with Gasteiger partial charge < -0.3 is 5.32 Å². The van der Waals surface area contributed by atoms with E-state index in [9.17, 15) is 4.21 Å². The first-order chi connectivity index (χ1) is 8.08. The van der Waals surface area contributed by atoms with Gasteiger partial charge in [0.2, 0.25) is 0 Å². The number of nitrogens with one attached hydrogen (secondary N) is 1. The molecule has 1 unspecified atom stereocenters. The van der Waals surface area contributed by atoms with Crippen molar-refractivity contribution >= 4 is 16.5 Å². The van der Waals surface area contributed by atoms with Gasteiger partial charge in [-0.1, -0.05) is 6.92 Å². The van der Waals surface area contributed by atoms with Crippen molar-refractivity contribution in [1.82, 2.24) is 4.98 Å². The van der Waals surface area contributed by atoms with Crippen LogP contribution in [0.25, 0.3) is 0 Å². The minimum absolute atomic E-state index is 0.567. The number of nitriles is 1. The molecule has 0 aliphatic heterocycles. The van der Waals surface area contributed by atoms with Gasteiger partial charge in [0.25, 0.3) is 0 Å². The van der Waals surface area contributed by atoms with Crippen LogP contribution in [0.3, 0.4) is 0 Å². The molecule has 17 heavy (non-hydrogen) atoms. The summed E-state index contributed by atoms with van der Waals surface area (Å²) < 4.78 is 11.3. The maximum Gasteiger partial charge on any atom is 0.103 e. The molecule has 5 heteroatoms. The summed E-state index contributed by atoms with van der Waals surface area (Å²) in [6.07, 6.45) is 0. The fourth-order valence-corrected chi connectivity index (χ4v) is 2.17. The van der Waals surface area contributed by atoms with Crippen LogP contribution in [0.2, 0.25) is 0 Å².